The maximum atomic E-state index is 12.8. The maximum absolute atomic E-state index is 12.8. The molecule has 1 aromatic heterocycles. The first-order valence-corrected chi connectivity index (χ1v) is 6.46. The Balaban J connectivity index is 1.80. The number of aliphatic hydroxyl groups excluding tert-OH is 1. The fourth-order valence-corrected chi connectivity index (χ4v) is 2.14. The monoisotopic (exact) mass is 269 g/mol. The van der Waals surface area contributed by atoms with E-state index >= 15 is 0 Å². The highest BCUT2D eigenvalue weighted by Crippen LogP contribution is 2.09. The number of halogens is 1. The second-order valence-corrected chi connectivity index (χ2v) is 4.78. The Kier molecular flexibility index (Phi) is 5.07. The molecule has 0 amide bonds. The lowest BCUT2D eigenvalue weighted by molar-refractivity contribution is 0.0162. The van der Waals surface area contributed by atoms with Crippen molar-refractivity contribution in [3.05, 3.63) is 24.1 Å². The van der Waals surface area contributed by atoms with E-state index < -0.39 is 6.10 Å². The van der Waals surface area contributed by atoms with Gasteiger partial charge in [-0.1, -0.05) is 0 Å². The fraction of sp³-hybridized carbons (Fsp3) is 0.615. The molecule has 1 atom stereocenters. The average molecular weight is 269 g/mol. The van der Waals surface area contributed by atoms with E-state index in [-0.39, 0.29) is 5.82 Å². The average Bonchev–Trinajstić information content (AvgIpc) is 2.40. The van der Waals surface area contributed by atoms with E-state index in [1.54, 1.807) is 6.07 Å². The third-order valence-electron chi connectivity index (χ3n) is 3.16. The lowest BCUT2D eigenvalue weighted by Crippen LogP contribution is -2.44. The van der Waals surface area contributed by atoms with Crippen molar-refractivity contribution in [2.24, 2.45) is 0 Å². The molecule has 1 aromatic rings. The highest BCUT2D eigenvalue weighted by atomic mass is 19.1. The molecule has 1 N–H and O–H groups in total. The van der Waals surface area contributed by atoms with Gasteiger partial charge in [0.05, 0.1) is 25.5 Å². The third kappa shape index (κ3) is 4.41. The van der Waals surface area contributed by atoms with Crippen LogP contribution in [-0.4, -0.2) is 67.5 Å². The van der Waals surface area contributed by atoms with E-state index in [0.717, 1.165) is 26.3 Å². The Morgan fingerprint density at radius 2 is 2.21 bits per heavy atom. The summed E-state index contributed by atoms with van der Waals surface area (Å²) in [5, 5.41) is 10.1. The number of morpholine rings is 1. The molecule has 2 rings (SSSR count). The van der Waals surface area contributed by atoms with Crippen LogP contribution < -0.4 is 4.90 Å². The molecule has 0 aromatic carbocycles. The zero-order valence-corrected chi connectivity index (χ0v) is 11.1. The first kappa shape index (κ1) is 14.2. The Hall–Kier alpha value is -1.24. The quantitative estimate of drug-likeness (QED) is 0.836. The lowest BCUT2D eigenvalue weighted by atomic mass is 10.2. The van der Waals surface area contributed by atoms with Gasteiger partial charge in [0.15, 0.2) is 0 Å². The molecule has 1 saturated heterocycles. The number of nitrogens with zero attached hydrogens (tertiary/aromatic N) is 3. The predicted molar refractivity (Wildman–Crippen MR) is 70.7 cm³/mol. The molecule has 19 heavy (non-hydrogen) atoms. The Morgan fingerprint density at radius 3 is 2.84 bits per heavy atom. The zero-order valence-electron chi connectivity index (χ0n) is 11.1. The minimum absolute atomic E-state index is 0.356. The van der Waals surface area contributed by atoms with Gasteiger partial charge in [-0.05, 0) is 12.1 Å². The van der Waals surface area contributed by atoms with Gasteiger partial charge in [0.1, 0.15) is 11.6 Å². The van der Waals surface area contributed by atoms with Crippen molar-refractivity contribution >= 4 is 5.82 Å². The number of hydrogen-bond acceptors (Lipinski definition) is 5. The Morgan fingerprint density at radius 1 is 1.47 bits per heavy atom. The summed E-state index contributed by atoms with van der Waals surface area (Å²) in [7, 11) is 1.84. The van der Waals surface area contributed by atoms with Crippen LogP contribution in [-0.2, 0) is 4.74 Å². The lowest BCUT2D eigenvalue weighted by Gasteiger charge is -2.30. The normalized spacial score (nSPS) is 18.3. The maximum Gasteiger partial charge on any atom is 0.141 e. The van der Waals surface area contributed by atoms with Gasteiger partial charge in [-0.2, -0.15) is 0 Å². The number of aliphatic hydroxyl groups is 1. The fourth-order valence-electron chi connectivity index (χ4n) is 2.14. The first-order valence-electron chi connectivity index (χ1n) is 6.46. The van der Waals surface area contributed by atoms with Crippen molar-refractivity contribution in [1.82, 2.24) is 9.88 Å². The molecule has 5 nitrogen and oxygen atoms in total. The molecule has 6 heteroatoms. The molecule has 0 unspecified atom stereocenters. The third-order valence-corrected chi connectivity index (χ3v) is 3.16. The van der Waals surface area contributed by atoms with Crippen LogP contribution in [0.5, 0.6) is 0 Å². The molecule has 1 fully saturated rings. The number of likely N-dealkylation sites (N-methyl/N-ethyl adjacent to an activating group) is 1. The molecule has 1 aliphatic heterocycles. The molecular weight excluding hydrogens is 249 g/mol. The van der Waals surface area contributed by atoms with Crippen LogP contribution in [0.2, 0.25) is 0 Å². The Bertz CT molecular complexity index is 382. The van der Waals surface area contributed by atoms with Crippen molar-refractivity contribution < 1.29 is 14.2 Å². The van der Waals surface area contributed by atoms with Crippen LogP contribution in [0, 0.1) is 5.82 Å². The van der Waals surface area contributed by atoms with Crippen molar-refractivity contribution in [3.63, 3.8) is 0 Å². The summed E-state index contributed by atoms with van der Waals surface area (Å²) in [5.74, 6) is 0.299. The number of β-amino-alcohol motifs (C(OH)–C–C–N with tert-alkyl or cyclic N) is 1. The van der Waals surface area contributed by atoms with Crippen LogP contribution in [0.1, 0.15) is 0 Å². The molecule has 0 radical (unpaired) electrons. The second-order valence-electron chi connectivity index (χ2n) is 4.78. The van der Waals surface area contributed by atoms with E-state index in [2.05, 4.69) is 9.88 Å². The molecule has 1 aliphatic rings. The van der Waals surface area contributed by atoms with Crippen LogP contribution in [0.4, 0.5) is 10.2 Å². The Labute approximate surface area is 112 Å². The minimum atomic E-state index is -0.463. The largest absolute Gasteiger partial charge is 0.390 e. The van der Waals surface area contributed by atoms with Crippen LogP contribution in [0.3, 0.4) is 0 Å². The van der Waals surface area contributed by atoms with Gasteiger partial charge in [-0.3, -0.25) is 4.90 Å². The molecule has 0 bridgehead atoms. The van der Waals surface area contributed by atoms with Gasteiger partial charge >= 0.3 is 0 Å². The number of hydrogen-bond donors (Lipinski definition) is 1. The molecule has 106 valence electrons. The van der Waals surface area contributed by atoms with Gasteiger partial charge in [-0.25, -0.2) is 9.37 Å². The van der Waals surface area contributed by atoms with Crippen LogP contribution in [0.25, 0.3) is 0 Å². The molecule has 2 heterocycles. The number of ether oxygens (including phenoxy) is 1. The summed E-state index contributed by atoms with van der Waals surface area (Å²) >= 11 is 0. The summed E-state index contributed by atoms with van der Waals surface area (Å²) in [5.41, 5.74) is 0. The summed E-state index contributed by atoms with van der Waals surface area (Å²) in [6, 6.07) is 2.98. The van der Waals surface area contributed by atoms with E-state index in [9.17, 15) is 9.50 Å². The summed E-state index contributed by atoms with van der Waals surface area (Å²) in [6.45, 7) is 4.25. The predicted octanol–water partition coefficient (Wildman–Crippen LogP) is 0.350. The van der Waals surface area contributed by atoms with Gasteiger partial charge in [0, 0.05) is 33.2 Å². The van der Waals surface area contributed by atoms with E-state index in [0.29, 0.717) is 18.9 Å². The summed E-state index contributed by atoms with van der Waals surface area (Å²) in [4.78, 5) is 7.99. The van der Waals surface area contributed by atoms with Crippen molar-refractivity contribution in [1.29, 1.82) is 0 Å². The number of aromatic nitrogens is 1. The minimum Gasteiger partial charge on any atom is -0.390 e. The van der Waals surface area contributed by atoms with Crippen molar-refractivity contribution in [2.75, 3.05) is 51.3 Å². The van der Waals surface area contributed by atoms with Gasteiger partial charge in [0.2, 0.25) is 0 Å². The van der Waals surface area contributed by atoms with Gasteiger partial charge in [0.25, 0.3) is 0 Å². The zero-order chi connectivity index (χ0) is 13.7. The highest BCUT2D eigenvalue weighted by molar-refractivity contribution is 5.36. The van der Waals surface area contributed by atoms with E-state index in [1.807, 2.05) is 11.9 Å². The molecular formula is C13H20FN3O2. The smallest absolute Gasteiger partial charge is 0.141 e. The highest BCUT2D eigenvalue weighted by Gasteiger charge is 2.16. The van der Waals surface area contributed by atoms with Gasteiger partial charge < -0.3 is 14.7 Å². The van der Waals surface area contributed by atoms with Crippen molar-refractivity contribution in [3.8, 4) is 0 Å². The van der Waals surface area contributed by atoms with E-state index in [1.165, 1.54) is 12.3 Å². The molecule has 0 spiro atoms. The summed E-state index contributed by atoms with van der Waals surface area (Å²) < 4.78 is 18.0. The van der Waals surface area contributed by atoms with E-state index in [4.69, 9.17) is 4.74 Å². The van der Waals surface area contributed by atoms with Crippen molar-refractivity contribution in [2.45, 2.75) is 6.10 Å². The van der Waals surface area contributed by atoms with Crippen LogP contribution in [0.15, 0.2) is 18.3 Å². The number of rotatable bonds is 5. The SMILES string of the molecule is CN(C[C@H](O)CN1CCOCC1)c1ccc(F)cn1. The topological polar surface area (TPSA) is 48.8 Å². The molecule has 0 aliphatic carbocycles. The first-order chi connectivity index (χ1) is 9.15. The number of anilines is 1. The number of pyridine rings is 1. The summed E-state index contributed by atoms with van der Waals surface area (Å²) in [6.07, 6.45) is 0.718. The van der Waals surface area contributed by atoms with Gasteiger partial charge in [-0.15, -0.1) is 0 Å². The molecule has 0 saturated carbocycles. The second kappa shape index (κ2) is 6.79. The van der Waals surface area contributed by atoms with Crippen LogP contribution >= 0.6 is 0 Å². The standard InChI is InChI=1S/C13H20FN3O2/c1-16(13-3-2-11(14)8-15-13)9-12(18)10-17-4-6-19-7-5-17/h2-3,8,12,18H,4-7,9-10H2,1H3/t12-/m0/s1.